The van der Waals surface area contributed by atoms with Crippen LogP contribution in [0.25, 0.3) is 72.4 Å². The number of hydrogen-bond donors (Lipinski definition) is 0. The van der Waals surface area contributed by atoms with Crippen molar-refractivity contribution < 1.29 is 25.8 Å². The first-order chi connectivity index (χ1) is 25.3. The summed E-state index contributed by atoms with van der Waals surface area (Å²) in [6.45, 7) is 0.202. The number of para-hydroxylation sites is 2. The minimum absolute atomic E-state index is 0. The molecular formula is C46H26BN3OPt. The number of aromatic nitrogens is 3. The second-order valence-corrected chi connectivity index (χ2v) is 13.2. The summed E-state index contributed by atoms with van der Waals surface area (Å²) in [5.41, 5.74) is 14.8. The molecule has 0 saturated heterocycles. The summed E-state index contributed by atoms with van der Waals surface area (Å²) in [4.78, 5) is 9.70. The van der Waals surface area contributed by atoms with Gasteiger partial charge in [0.2, 0.25) is 6.71 Å². The third kappa shape index (κ3) is 4.66. The van der Waals surface area contributed by atoms with Crippen molar-refractivity contribution in [1.29, 1.82) is 0 Å². The molecule has 4 nitrogen and oxygen atoms in total. The molecule has 7 aromatic carbocycles. The number of benzene rings is 7. The third-order valence-corrected chi connectivity index (χ3v) is 10.3. The van der Waals surface area contributed by atoms with Crippen LogP contribution in [-0.4, -0.2) is 21.2 Å². The van der Waals surface area contributed by atoms with Crippen molar-refractivity contribution in [3.05, 3.63) is 170 Å². The maximum absolute atomic E-state index is 6.37. The molecule has 0 amide bonds. The number of imidazole rings is 1. The SMILES string of the molecule is [Pt+2].[c-]1c(Oc2[c-]c(-c3nc4ccccc4n3-c3cc4c5c(c3)-c3cccc6cccc(c36)B5c3ccccc3-4)ccc2)cccc1-c1ccccn1. The van der Waals surface area contributed by atoms with Crippen molar-refractivity contribution in [3.63, 3.8) is 0 Å². The van der Waals surface area contributed by atoms with Crippen LogP contribution < -0.4 is 21.1 Å². The van der Waals surface area contributed by atoms with E-state index in [-0.39, 0.29) is 27.8 Å². The molecule has 6 heteroatoms. The first kappa shape index (κ1) is 30.8. The normalized spacial score (nSPS) is 12.0. The molecule has 0 fully saturated rings. The number of nitrogens with zero attached hydrogens (tertiary/aromatic N) is 3. The molecule has 2 aliphatic heterocycles. The average molecular weight is 843 g/mol. The molecule has 0 bridgehead atoms. The van der Waals surface area contributed by atoms with Crippen LogP contribution in [0.5, 0.6) is 11.5 Å². The van der Waals surface area contributed by atoms with Gasteiger partial charge in [0.1, 0.15) is 0 Å². The van der Waals surface area contributed by atoms with Gasteiger partial charge in [-0.25, -0.2) is 0 Å². The number of fused-ring (bicyclic) bond motifs is 6. The second-order valence-electron chi connectivity index (χ2n) is 13.2. The van der Waals surface area contributed by atoms with Crippen LogP contribution >= 0.6 is 0 Å². The maximum Gasteiger partial charge on any atom is 2.00 e. The van der Waals surface area contributed by atoms with E-state index >= 15 is 0 Å². The van der Waals surface area contributed by atoms with Crippen LogP contribution in [0.1, 0.15) is 0 Å². The van der Waals surface area contributed by atoms with Crippen molar-refractivity contribution in [1.82, 2.24) is 14.5 Å². The number of hydrogen-bond acceptors (Lipinski definition) is 3. The zero-order valence-corrected chi connectivity index (χ0v) is 29.9. The van der Waals surface area contributed by atoms with Crippen molar-refractivity contribution in [3.8, 4) is 62.1 Å². The van der Waals surface area contributed by atoms with Crippen LogP contribution in [0.4, 0.5) is 0 Å². The Morgan fingerprint density at radius 2 is 1.25 bits per heavy atom. The summed E-state index contributed by atoms with van der Waals surface area (Å²) in [6.07, 6.45) is 1.78. The third-order valence-electron chi connectivity index (χ3n) is 10.3. The Balaban J connectivity index is 0.00000338. The van der Waals surface area contributed by atoms with Gasteiger partial charge in [-0.15, -0.1) is 47.5 Å². The van der Waals surface area contributed by atoms with E-state index < -0.39 is 0 Å². The first-order valence-corrected chi connectivity index (χ1v) is 17.2. The molecule has 0 spiro atoms. The molecular weight excluding hydrogens is 816 g/mol. The molecule has 0 radical (unpaired) electrons. The first-order valence-electron chi connectivity index (χ1n) is 17.2. The standard InChI is InChI=1S/C46H26BN3O.Pt/c1-2-19-39-35(17-1)37-27-32(28-38-36-18-9-11-29-12-10-20-40(44(29)36)47(39)45(37)38)50-43-23-4-3-22-42(43)49-46(50)31-14-8-16-34(26-31)51-33-15-7-13-30(25-33)41-21-5-6-24-48-41;/h1-24,27-28H;/q-2;+2. The summed E-state index contributed by atoms with van der Waals surface area (Å²) in [6, 6.07) is 60.0. The van der Waals surface area contributed by atoms with Gasteiger partial charge >= 0.3 is 21.1 Å². The fourth-order valence-corrected chi connectivity index (χ4v) is 8.23. The van der Waals surface area contributed by atoms with Gasteiger partial charge in [-0.05, 0) is 69.1 Å². The molecule has 0 atom stereocenters. The van der Waals surface area contributed by atoms with Gasteiger partial charge < -0.3 is 14.3 Å². The Hall–Kier alpha value is -6.03. The van der Waals surface area contributed by atoms with E-state index in [9.17, 15) is 0 Å². The van der Waals surface area contributed by atoms with Gasteiger partial charge in [0.05, 0.1) is 16.9 Å². The maximum atomic E-state index is 6.37. The van der Waals surface area contributed by atoms with Crippen molar-refractivity contribution in [2.45, 2.75) is 0 Å². The zero-order chi connectivity index (χ0) is 33.5. The topological polar surface area (TPSA) is 39.9 Å². The summed E-state index contributed by atoms with van der Waals surface area (Å²) in [7, 11) is 0. The van der Waals surface area contributed by atoms with Crippen LogP contribution in [-0.2, 0) is 21.1 Å². The minimum atomic E-state index is 0. The van der Waals surface area contributed by atoms with Crippen molar-refractivity contribution in [2.24, 2.45) is 0 Å². The van der Waals surface area contributed by atoms with E-state index in [0.717, 1.165) is 39.4 Å². The Morgan fingerprint density at radius 3 is 2.10 bits per heavy atom. The van der Waals surface area contributed by atoms with Gasteiger partial charge in [-0.1, -0.05) is 113 Å². The molecule has 9 aromatic rings. The second kappa shape index (κ2) is 12.0. The van der Waals surface area contributed by atoms with Gasteiger partial charge in [0.25, 0.3) is 0 Å². The summed E-state index contributed by atoms with van der Waals surface area (Å²) >= 11 is 0. The molecule has 0 aliphatic carbocycles. The summed E-state index contributed by atoms with van der Waals surface area (Å²) < 4.78 is 8.65. The molecule has 2 aromatic heterocycles. The molecule has 11 rings (SSSR count). The van der Waals surface area contributed by atoms with Crippen LogP contribution in [0, 0.1) is 12.1 Å². The smallest absolute Gasteiger partial charge is 0.497 e. The average Bonchev–Trinajstić information content (AvgIpc) is 3.74. The van der Waals surface area contributed by atoms with Gasteiger partial charge in [-0.2, -0.15) is 0 Å². The Morgan fingerprint density at radius 1 is 0.577 bits per heavy atom. The fourth-order valence-electron chi connectivity index (χ4n) is 8.23. The predicted molar refractivity (Wildman–Crippen MR) is 207 cm³/mol. The predicted octanol–water partition coefficient (Wildman–Crippen LogP) is 8.77. The van der Waals surface area contributed by atoms with Crippen LogP contribution in [0.2, 0.25) is 0 Å². The molecule has 0 unspecified atom stereocenters. The molecule has 0 saturated carbocycles. The molecule has 52 heavy (non-hydrogen) atoms. The van der Waals surface area contributed by atoms with Crippen LogP contribution in [0.3, 0.4) is 0 Å². The molecule has 2 aliphatic rings. The van der Waals surface area contributed by atoms with Crippen molar-refractivity contribution in [2.75, 3.05) is 0 Å². The van der Waals surface area contributed by atoms with E-state index in [2.05, 4.69) is 119 Å². The van der Waals surface area contributed by atoms with E-state index in [1.54, 1.807) is 6.20 Å². The largest absolute Gasteiger partial charge is 2.00 e. The number of ether oxygens (including phenoxy) is 1. The number of pyridine rings is 1. The van der Waals surface area contributed by atoms with E-state index in [1.165, 1.54) is 49.4 Å². The van der Waals surface area contributed by atoms with Crippen LogP contribution in [0.15, 0.2) is 158 Å². The Labute approximate surface area is 315 Å². The van der Waals surface area contributed by atoms with Gasteiger partial charge in [-0.3, -0.25) is 4.98 Å². The van der Waals surface area contributed by atoms with Gasteiger partial charge in [0.15, 0.2) is 0 Å². The molecule has 4 heterocycles. The Kier molecular flexibility index (Phi) is 7.13. The zero-order valence-electron chi connectivity index (χ0n) is 27.7. The Bertz CT molecular complexity index is 2860. The summed E-state index contributed by atoms with van der Waals surface area (Å²) in [5, 5.41) is 2.62. The quantitative estimate of drug-likeness (QED) is 0.129. The van der Waals surface area contributed by atoms with Crippen molar-refractivity contribution >= 4 is 44.9 Å². The van der Waals surface area contributed by atoms with Gasteiger partial charge in [0, 0.05) is 23.4 Å². The van der Waals surface area contributed by atoms with E-state index in [0.29, 0.717) is 11.5 Å². The van der Waals surface area contributed by atoms with E-state index in [4.69, 9.17) is 9.72 Å². The van der Waals surface area contributed by atoms with E-state index in [1.807, 2.05) is 54.6 Å². The molecule has 244 valence electrons. The molecule has 0 N–H and O–H groups in total. The minimum Gasteiger partial charge on any atom is -0.497 e. The number of rotatable bonds is 5. The monoisotopic (exact) mass is 842 g/mol. The summed E-state index contributed by atoms with van der Waals surface area (Å²) in [5.74, 6) is 1.99. The fraction of sp³-hybridized carbons (Fsp3) is 0.